The molecule has 0 aliphatic carbocycles. The monoisotopic (exact) mass is 296 g/mol. The minimum absolute atomic E-state index is 0.490. The van der Waals surface area contributed by atoms with Crippen molar-refractivity contribution in [1.82, 2.24) is 9.71 Å². The molecule has 0 aromatic heterocycles. The van der Waals surface area contributed by atoms with Crippen LogP contribution in [0, 0.1) is 0 Å². The van der Waals surface area contributed by atoms with Crippen LogP contribution in [0.1, 0.15) is 11.6 Å². The Morgan fingerprint density at radius 3 is 2.25 bits per heavy atom. The summed E-state index contributed by atoms with van der Waals surface area (Å²) in [5.41, 5.74) is 0.729. The van der Waals surface area contributed by atoms with Crippen molar-refractivity contribution in [2.45, 2.75) is 12.9 Å². The number of carboxylic acids is 1. The van der Waals surface area contributed by atoms with E-state index in [9.17, 15) is 14.9 Å². The van der Waals surface area contributed by atoms with Crippen LogP contribution in [-0.2, 0) is 4.79 Å². The summed E-state index contributed by atoms with van der Waals surface area (Å²) in [5.74, 6) is -0.863. The number of halogens is 1. The summed E-state index contributed by atoms with van der Waals surface area (Å²) in [5, 5.41) is 19.6. The zero-order valence-corrected chi connectivity index (χ0v) is 12.1. The Labute approximate surface area is 123 Å². The second-order valence-electron chi connectivity index (χ2n) is 5.00. The minimum Gasteiger partial charge on any atom is -0.480 e. The lowest BCUT2D eigenvalue weighted by Crippen LogP contribution is -2.53. The van der Waals surface area contributed by atoms with Crippen LogP contribution in [0.15, 0.2) is 24.3 Å². The van der Waals surface area contributed by atoms with Crippen LogP contribution in [-0.4, -0.2) is 59.0 Å². The van der Waals surface area contributed by atoms with E-state index in [-0.39, 0.29) is 0 Å². The van der Waals surface area contributed by atoms with E-state index in [1.54, 1.807) is 31.1 Å². The topological polar surface area (TPSA) is 64.0 Å². The van der Waals surface area contributed by atoms with E-state index >= 15 is 0 Å². The van der Waals surface area contributed by atoms with Crippen molar-refractivity contribution in [3.8, 4) is 0 Å². The van der Waals surface area contributed by atoms with Crippen molar-refractivity contribution < 1.29 is 14.9 Å². The van der Waals surface area contributed by atoms with Gasteiger partial charge in [0.15, 0.2) is 0 Å². The van der Waals surface area contributed by atoms with Gasteiger partial charge in [0.2, 0.25) is 0 Å². The number of carboxylic acid groups (broad SMARTS) is 1. The average molecular weight is 297 g/mol. The number of benzene rings is 1. The van der Waals surface area contributed by atoms with Crippen LogP contribution in [0.25, 0.3) is 0 Å². The molecule has 20 heavy (non-hydrogen) atoms. The Morgan fingerprint density at radius 2 is 1.80 bits per heavy atom. The number of aliphatic carboxylic acids is 1. The first-order valence-electron chi connectivity index (χ1n) is 6.63. The van der Waals surface area contributed by atoms with E-state index in [2.05, 4.69) is 0 Å². The van der Waals surface area contributed by atoms with E-state index in [1.807, 2.05) is 9.71 Å². The molecule has 0 amide bonds. The molecule has 5 nitrogen and oxygen atoms in total. The SMILES string of the molecule is CB(O)N1CCN(C(C(=O)O)c2ccc(Cl)cc2)CC1. The van der Waals surface area contributed by atoms with Crippen LogP contribution in [0.2, 0.25) is 11.8 Å². The molecular weight excluding hydrogens is 278 g/mol. The molecular formula is C13H18BClN2O3. The van der Waals surface area contributed by atoms with Gasteiger partial charge in [0.05, 0.1) is 0 Å². The summed E-state index contributed by atoms with van der Waals surface area (Å²) in [6.45, 7) is 4.28. The molecule has 7 heteroatoms. The van der Waals surface area contributed by atoms with Gasteiger partial charge in [-0.05, 0) is 24.5 Å². The highest BCUT2D eigenvalue weighted by Crippen LogP contribution is 2.24. The van der Waals surface area contributed by atoms with E-state index < -0.39 is 19.1 Å². The number of carbonyl (C=O) groups is 1. The van der Waals surface area contributed by atoms with Crippen molar-refractivity contribution in [2.24, 2.45) is 0 Å². The quantitative estimate of drug-likeness (QED) is 0.817. The third-order valence-corrected chi connectivity index (χ3v) is 3.91. The second kappa shape index (κ2) is 6.58. The lowest BCUT2D eigenvalue weighted by atomic mass is 9.84. The number of nitrogens with zero attached hydrogens (tertiary/aromatic N) is 2. The summed E-state index contributed by atoms with van der Waals surface area (Å²) in [4.78, 5) is 15.4. The Morgan fingerprint density at radius 1 is 1.25 bits per heavy atom. The molecule has 0 spiro atoms. The fourth-order valence-corrected chi connectivity index (χ4v) is 2.65. The van der Waals surface area contributed by atoms with Gasteiger partial charge in [-0.3, -0.25) is 9.69 Å². The largest absolute Gasteiger partial charge is 0.480 e. The number of hydrogen-bond donors (Lipinski definition) is 2. The standard InChI is InChI=1S/C13H18BClN2O3/c1-14(20)17-8-6-16(7-9-17)12(13(18)19)10-2-4-11(15)5-3-10/h2-5,12,20H,6-9H2,1H3,(H,18,19). The second-order valence-corrected chi connectivity index (χ2v) is 5.43. The number of rotatable bonds is 4. The highest BCUT2D eigenvalue weighted by molar-refractivity contribution is 6.45. The summed E-state index contributed by atoms with van der Waals surface area (Å²) >= 11 is 5.84. The molecule has 2 N–H and O–H groups in total. The fourth-order valence-electron chi connectivity index (χ4n) is 2.52. The van der Waals surface area contributed by atoms with Gasteiger partial charge < -0.3 is 14.9 Å². The van der Waals surface area contributed by atoms with Gasteiger partial charge in [-0.15, -0.1) is 0 Å². The maximum absolute atomic E-state index is 11.6. The van der Waals surface area contributed by atoms with Gasteiger partial charge in [0.25, 0.3) is 0 Å². The Balaban J connectivity index is 2.11. The number of piperazine rings is 1. The third-order valence-electron chi connectivity index (χ3n) is 3.66. The van der Waals surface area contributed by atoms with Crippen LogP contribution >= 0.6 is 11.6 Å². The lowest BCUT2D eigenvalue weighted by molar-refractivity contribution is -0.144. The van der Waals surface area contributed by atoms with E-state index in [0.29, 0.717) is 31.2 Å². The summed E-state index contributed by atoms with van der Waals surface area (Å²) in [6, 6.07) is 6.26. The van der Waals surface area contributed by atoms with Crippen molar-refractivity contribution >= 4 is 24.6 Å². The molecule has 0 saturated carbocycles. The molecule has 0 bridgehead atoms. The predicted octanol–water partition coefficient (Wildman–Crippen LogP) is 1.19. The summed E-state index contributed by atoms with van der Waals surface area (Å²) in [6.07, 6.45) is 0. The van der Waals surface area contributed by atoms with Gasteiger partial charge in [-0.25, -0.2) is 0 Å². The highest BCUT2D eigenvalue weighted by atomic mass is 35.5. The third kappa shape index (κ3) is 3.52. The predicted molar refractivity (Wildman–Crippen MR) is 78.8 cm³/mol. The van der Waals surface area contributed by atoms with Crippen molar-refractivity contribution in [1.29, 1.82) is 0 Å². The molecule has 1 heterocycles. The molecule has 1 aliphatic heterocycles. The lowest BCUT2D eigenvalue weighted by Gasteiger charge is -2.38. The van der Waals surface area contributed by atoms with Crippen LogP contribution < -0.4 is 0 Å². The first-order chi connectivity index (χ1) is 9.49. The number of hydrogen-bond acceptors (Lipinski definition) is 4. The fraction of sp³-hybridized carbons (Fsp3) is 0.462. The molecule has 1 saturated heterocycles. The Hall–Kier alpha value is -1.08. The molecule has 1 aromatic carbocycles. The maximum Gasteiger partial charge on any atom is 0.376 e. The van der Waals surface area contributed by atoms with E-state index in [1.165, 1.54) is 0 Å². The van der Waals surface area contributed by atoms with Crippen molar-refractivity contribution in [3.63, 3.8) is 0 Å². The average Bonchev–Trinajstić information content (AvgIpc) is 2.41. The minimum atomic E-state index is -0.863. The normalized spacial score (nSPS) is 18.8. The van der Waals surface area contributed by atoms with Gasteiger partial charge in [0, 0.05) is 31.2 Å². The van der Waals surface area contributed by atoms with Gasteiger partial charge >= 0.3 is 13.0 Å². The molecule has 1 atom stereocenters. The Kier molecular flexibility index (Phi) is 5.04. The zero-order valence-electron chi connectivity index (χ0n) is 11.4. The van der Waals surface area contributed by atoms with Crippen molar-refractivity contribution in [3.05, 3.63) is 34.9 Å². The van der Waals surface area contributed by atoms with Gasteiger partial charge in [-0.2, -0.15) is 0 Å². The van der Waals surface area contributed by atoms with E-state index in [4.69, 9.17) is 11.6 Å². The van der Waals surface area contributed by atoms with Gasteiger partial charge in [0.1, 0.15) is 6.04 Å². The first-order valence-corrected chi connectivity index (χ1v) is 7.01. The summed E-state index contributed by atoms with van der Waals surface area (Å²) < 4.78 is 0. The molecule has 1 aliphatic rings. The molecule has 1 unspecified atom stereocenters. The molecule has 108 valence electrons. The summed E-state index contributed by atoms with van der Waals surface area (Å²) in [7, 11) is -0.490. The molecule has 0 radical (unpaired) electrons. The van der Waals surface area contributed by atoms with Crippen LogP contribution in [0.3, 0.4) is 0 Å². The van der Waals surface area contributed by atoms with E-state index in [0.717, 1.165) is 5.56 Å². The zero-order chi connectivity index (χ0) is 14.7. The van der Waals surface area contributed by atoms with Gasteiger partial charge in [-0.1, -0.05) is 23.7 Å². The smallest absolute Gasteiger partial charge is 0.376 e. The van der Waals surface area contributed by atoms with Crippen LogP contribution in [0.4, 0.5) is 0 Å². The van der Waals surface area contributed by atoms with Crippen LogP contribution in [0.5, 0.6) is 0 Å². The maximum atomic E-state index is 11.6. The van der Waals surface area contributed by atoms with Crippen molar-refractivity contribution in [2.75, 3.05) is 26.2 Å². The molecule has 1 fully saturated rings. The Bertz CT molecular complexity index is 461. The highest BCUT2D eigenvalue weighted by Gasteiger charge is 2.31. The molecule has 1 aromatic rings. The molecule has 2 rings (SSSR count). The first kappa shape index (κ1) is 15.3.